The third-order valence-electron chi connectivity index (χ3n) is 2.61. The lowest BCUT2D eigenvalue weighted by Gasteiger charge is -2.03. The summed E-state index contributed by atoms with van der Waals surface area (Å²) in [6.45, 7) is 0.123. The fraction of sp³-hybridized carbons (Fsp3) is 0.133. The number of thiophene rings is 1. The van der Waals surface area contributed by atoms with E-state index in [0.717, 1.165) is 16.1 Å². The zero-order chi connectivity index (χ0) is 14.4. The number of halogens is 1. The van der Waals surface area contributed by atoms with Gasteiger partial charge in [-0.05, 0) is 42.3 Å². The summed E-state index contributed by atoms with van der Waals surface area (Å²) in [5.74, 6) is -0.190. The summed E-state index contributed by atoms with van der Waals surface area (Å²) in [7, 11) is 0. The number of rotatable bonds is 5. The molecule has 0 bridgehead atoms. The molecule has 0 fully saturated rings. The van der Waals surface area contributed by atoms with E-state index in [-0.39, 0.29) is 12.5 Å². The van der Waals surface area contributed by atoms with E-state index < -0.39 is 0 Å². The molecule has 5 heteroatoms. The van der Waals surface area contributed by atoms with Gasteiger partial charge in [-0.15, -0.1) is 11.3 Å². The van der Waals surface area contributed by atoms with Crippen LogP contribution in [0.15, 0.2) is 42.5 Å². The molecule has 0 unspecified atom stereocenters. The Kier molecular flexibility index (Phi) is 5.35. The number of amides is 1. The van der Waals surface area contributed by atoms with Gasteiger partial charge in [0.25, 0.3) is 0 Å². The Morgan fingerprint density at radius 2 is 2.00 bits per heavy atom. The van der Waals surface area contributed by atoms with E-state index in [1.54, 1.807) is 12.1 Å². The van der Waals surface area contributed by atoms with Gasteiger partial charge < -0.3 is 10.4 Å². The van der Waals surface area contributed by atoms with Crippen LogP contribution < -0.4 is 5.32 Å². The van der Waals surface area contributed by atoms with E-state index in [0.29, 0.717) is 10.8 Å². The third kappa shape index (κ3) is 4.49. The Morgan fingerprint density at radius 1 is 1.25 bits per heavy atom. The summed E-state index contributed by atoms with van der Waals surface area (Å²) in [4.78, 5) is 12.7. The molecule has 0 saturated carbocycles. The maximum Gasteiger partial charge on any atom is 0.248 e. The van der Waals surface area contributed by atoms with E-state index in [4.69, 9.17) is 16.7 Å². The van der Waals surface area contributed by atoms with E-state index in [1.165, 1.54) is 17.4 Å². The number of carbonyl (C=O) groups is 1. The molecule has 3 nitrogen and oxygen atoms in total. The number of hydrogen-bond donors (Lipinski definition) is 2. The Labute approximate surface area is 126 Å². The first-order valence-electron chi connectivity index (χ1n) is 6.11. The molecule has 0 atom stereocenters. The molecule has 0 aliphatic rings. The first-order valence-corrected chi connectivity index (χ1v) is 7.31. The van der Waals surface area contributed by atoms with Gasteiger partial charge in [0.1, 0.15) is 0 Å². The zero-order valence-electron chi connectivity index (χ0n) is 10.7. The fourth-order valence-corrected chi connectivity index (χ4v) is 2.61. The summed E-state index contributed by atoms with van der Waals surface area (Å²) in [5, 5.41) is 11.6. The summed E-state index contributed by atoms with van der Waals surface area (Å²) in [6, 6.07) is 11.1. The Morgan fingerprint density at radius 3 is 2.60 bits per heavy atom. The van der Waals surface area contributed by atoms with E-state index in [1.807, 2.05) is 30.3 Å². The molecular weight excluding hydrogens is 294 g/mol. The predicted octanol–water partition coefficient (Wildman–Crippen LogP) is 3.59. The SMILES string of the molecule is O=C(/C=C/c1ccc(Cl)s1)Nc1ccc(CCO)cc1. The number of aliphatic hydroxyl groups excluding tert-OH is 1. The van der Waals surface area contributed by atoms with Crippen LogP contribution in [0.25, 0.3) is 6.08 Å². The molecule has 2 rings (SSSR count). The molecule has 1 aromatic heterocycles. The number of hydrogen-bond acceptors (Lipinski definition) is 3. The van der Waals surface area contributed by atoms with Crippen molar-refractivity contribution in [2.75, 3.05) is 11.9 Å². The predicted molar refractivity (Wildman–Crippen MR) is 84.2 cm³/mol. The second kappa shape index (κ2) is 7.24. The van der Waals surface area contributed by atoms with Crippen molar-refractivity contribution >= 4 is 40.6 Å². The number of anilines is 1. The van der Waals surface area contributed by atoms with Crippen LogP contribution in [0.1, 0.15) is 10.4 Å². The van der Waals surface area contributed by atoms with Crippen molar-refractivity contribution in [1.82, 2.24) is 0 Å². The second-order valence-corrected chi connectivity index (χ2v) is 5.88. The quantitative estimate of drug-likeness (QED) is 0.829. The smallest absolute Gasteiger partial charge is 0.248 e. The van der Waals surface area contributed by atoms with Crippen molar-refractivity contribution in [2.45, 2.75) is 6.42 Å². The summed E-state index contributed by atoms with van der Waals surface area (Å²) < 4.78 is 0.699. The van der Waals surface area contributed by atoms with Crippen LogP contribution in [0.4, 0.5) is 5.69 Å². The molecule has 1 amide bonds. The number of nitrogens with one attached hydrogen (secondary N) is 1. The summed E-state index contributed by atoms with van der Waals surface area (Å²) in [6.07, 6.45) is 3.82. The summed E-state index contributed by atoms with van der Waals surface area (Å²) in [5.41, 5.74) is 1.76. The lowest BCUT2D eigenvalue weighted by Crippen LogP contribution is -2.07. The molecule has 104 valence electrons. The largest absolute Gasteiger partial charge is 0.396 e. The number of carbonyl (C=O) groups excluding carboxylic acids is 1. The van der Waals surface area contributed by atoms with Gasteiger partial charge in [0, 0.05) is 23.2 Å². The van der Waals surface area contributed by atoms with Crippen molar-refractivity contribution in [3.05, 3.63) is 57.3 Å². The Hall–Kier alpha value is -1.62. The lowest BCUT2D eigenvalue weighted by molar-refractivity contribution is -0.111. The van der Waals surface area contributed by atoms with Gasteiger partial charge in [0.15, 0.2) is 0 Å². The van der Waals surface area contributed by atoms with Crippen LogP contribution in [0.5, 0.6) is 0 Å². The first kappa shape index (κ1) is 14.8. The molecule has 0 aliphatic heterocycles. The molecule has 0 spiro atoms. The highest BCUT2D eigenvalue weighted by atomic mass is 35.5. The van der Waals surface area contributed by atoms with Gasteiger partial charge in [0.2, 0.25) is 5.91 Å². The lowest BCUT2D eigenvalue weighted by atomic mass is 10.1. The Balaban J connectivity index is 1.92. The molecule has 2 aromatic rings. The van der Waals surface area contributed by atoms with Gasteiger partial charge in [-0.25, -0.2) is 0 Å². The topological polar surface area (TPSA) is 49.3 Å². The minimum absolute atomic E-state index is 0.123. The van der Waals surface area contributed by atoms with Crippen molar-refractivity contribution in [3.63, 3.8) is 0 Å². The molecular formula is C15H14ClNO2S. The highest BCUT2D eigenvalue weighted by Crippen LogP contribution is 2.22. The average molecular weight is 308 g/mol. The van der Waals surface area contributed by atoms with Gasteiger partial charge >= 0.3 is 0 Å². The molecule has 1 aromatic carbocycles. The van der Waals surface area contributed by atoms with Crippen molar-refractivity contribution in [3.8, 4) is 0 Å². The minimum atomic E-state index is -0.190. The highest BCUT2D eigenvalue weighted by molar-refractivity contribution is 7.17. The van der Waals surface area contributed by atoms with Gasteiger partial charge in [-0.1, -0.05) is 23.7 Å². The molecule has 0 radical (unpaired) electrons. The first-order chi connectivity index (χ1) is 9.67. The van der Waals surface area contributed by atoms with Crippen molar-refractivity contribution in [2.24, 2.45) is 0 Å². The van der Waals surface area contributed by atoms with E-state index in [9.17, 15) is 4.79 Å². The van der Waals surface area contributed by atoms with Gasteiger partial charge in [-0.2, -0.15) is 0 Å². The molecule has 2 N–H and O–H groups in total. The fourth-order valence-electron chi connectivity index (χ4n) is 1.64. The van der Waals surface area contributed by atoms with Crippen molar-refractivity contribution < 1.29 is 9.90 Å². The average Bonchev–Trinajstić information content (AvgIpc) is 2.85. The van der Waals surface area contributed by atoms with Gasteiger partial charge in [-0.3, -0.25) is 4.79 Å². The maximum absolute atomic E-state index is 11.7. The van der Waals surface area contributed by atoms with Crippen molar-refractivity contribution in [1.29, 1.82) is 0 Å². The van der Waals surface area contributed by atoms with Crippen LogP contribution in [0, 0.1) is 0 Å². The molecule has 0 aliphatic carbocycles. The Bertz CT molecular complexity index is 605. The molecule has 0 saturated heterocycles. The minimum Gasteiger partial charge on any atom is -0.396 e. The highest BCUT2D eigenvalue weighted by Gasteiger charge is 1.99. The molecule has 20 heavy (non-hydrogen) atoms. The van der Waals surface area contributed by atoms with E-state index in [2.05, 4.69) is 5.32 Å². The van der Waals surface area contributed by atoms with Crippen LogP contribution in [-0.2, 0) is 11.2 Å². The van der Waals surface area contributed by atoms with Crippen LogP contribution in [-0.4, -0.2) is 17.6 Å². The summed E-state index contributed by atoms with van der Waals surface area (Å²) >= 11 is 7.23. The van der Waals surface area contributed by atoms with Crippen LogP contribution in [0.3, 0.4) is 0 Å². The number of benzene rings is 1. The van der Waals surface area contributed by atoms with Crippen LogP contribution >= 0.6 is 22.9 Å². The van der Waals surface area contributed by atoms with Gasteiger partial charge in [0.05, 0.1) is 4.34 Å². The maximum atomic E-state index is 11.7. The molecule has 1 heterocycles. The monoisotopic (exact) mass is 307 g/mol. The van der Waals surface area contributed by atoms with Crippen LogP contribution in [0.2, 0.25) is 4.34 Å². The number of aliphatic hydroxyl groups is 1. The zero-order valence-corrected chi connectivity index (χ0v) is 12.2. The normalized spacial score (nSPS) is 10.9. The second-order valence-electron chi connectivity index (χ2n) is 4.13. The van der Waals surface area contributed by atoms with E-state index >= 15 is 0 Å². The third-order valence-corrected chi connectivity index (χ3v) is 3.81. The standard InChI is InChI=1S/C15H14ClNO2S/c16-14-7-5-13(20-14)6-8-15(19)17-12-3-1-11(2-4-12)9-10-18/h1-8,18H,9-10H2,(H,17,19)/b8-6+.